The number of benzene rings is 2. The van der Waals surface area contributed by atoms with Crippen molar-refractivity contribution in [2.45, 2.75) is 13.1 Å². The molecule has 1 aliphatic rings. The molecule has 0 atom stereocenters. The SMILES string of the molecule is N#Cc1ccc(CN2CCN(C(=O)NCc3cccc(NC(=O)c4ccco4)c3)CC2)cc1. The number of hydrogen-bond donors (Lipinski definition) is 2. The molecule has 0 saturated carbocycles. The predicted molar refractivity (Wildman–Crippen MR) is 123 cm³/mol. The van der Waals surface area contributed by atoms with Crippen LogP contribution in [0.2, 0.25) is 0 Å². The second-order valence-electron chi connectivity index (χ2n) is 7.86. The van der Waals surface area contributed by atoms with Gasteiger partial charge in [-0.3, -0.25) is 9.69 Å². The van der Waals surface area contributed by atoms with Crippen molar-refractivity contribution in [2.75, 3.05) is 31.5 Å². The van der Waals surface area contributed by atoms with Gasteiger partial charge in [-0.1, -0.05) is 24.3 Å². The molecule has 1 saturated heterocycles. The molecule has 0 radical (unpaired) electrons. The molecule has 168 valence electrons. The van der Waals surface area contributed by atoms with E-state index in [-0.39, 0.29) is 17.7 Å². The lowest BCUT2D eigenvalue weighted by Crippen LogP contribution is -2.51. The standard InChI is InChI=1S/C25H25N5O3/c26-16-19-6-8-20(9-7-19)18-29-10-12-30(13-11-29)25(32)27-17-21-3-1-4-22(15-21)28-24(31)23-5-2-14-33-23/h1-9,14-15H,10-13,17-18H2,(H,27,32)(H,28,31). The summed E-state index contributed by atoms with van der Waals surface area (Å²) in [6.07, 6.45) is 1.45. The van der Waals surface area contributed by atoms with Gasteiger partial charge in [-0.25, -0.2) is 4.79 Å². The Morgan fingerprint density at radius 1 is 0.970 bits per heavy atom. The fourth-order valence-corrected chi connectivity index (χ4v) is 3.70. The first-order valence-electron chi connectivity index (χ1n) is 10.8. The first kappa shape index (κ1) is 22.1. The predicted octanol–water partition coefficient (Wildman–Crippen LogP) is 3.43. The first-order valence-corrected chi connectivity index (χ1v) is 10.8. The molecule has 33 heavy (non-hydrogen) atoms. The molecule has 2 N–H and O–H groups in total. The normalized spacial score (nSPS) is 13.8. The van der Waals surface area contributed by atoms with Crippen LogP contribution < -0.4 is 10.6 Å². The molecule has 0 bridgehead atoms. The van der Waals surface area contributed by atoms with E-state index in [4.69, 9.17) is 9.68 Å². The van der Waals surface area contributed by atoms with Gasteiger partial charge in [-0.2, -0.15) is 5.26 Å². The minimum Gasteiger partial charge on any atom is -0.459 e. The molecule has 1 aliphatic heterocycles. The van der Waals surface area contributed by atoms with E-state index >= 15 is 0 Å². The summed E-state index contributed by atoms with van der Waals surface area (Å²) in [4.78, 5) is 28.9. The van der Waals surface area contributed by atoms with Crippen molar-refractivity contribution in [1.82, 2.24) is 15.1 Å². The molecule has 0 unspecified atom stereocenters. The summed E-state index contributed by atoms with van der Waals surface area (Å²) < 4.78 is 5.10. The largest absolute Gasteiger partial charge is 0.459 e. The molecule has 2 heterocycles. The van der Waals surface area contributed by atoms with Crippen LogP contribution in [-0.2, 0) is 13.1 Å². The Balaban J connectivity index is 1.22. The quantitative estimate of drug-likeness (QED) is 0.608. The Morgan fingerprint density at radius 3 is 2.45 bits per heavy atom. The van der Waals surface area contributed by atoms with Gasteiger partial charge in [0.25, 0.3) is 5.91 Å². The summed E-state index contributed by atoms with van der Waals surface area (Å²) in [6.45, 7) is 4.07. The van der Waals surface area contributed by atoms with Crippen LogP contribution in [-0.4, -0.2) is 47.9 Å². The maximum Gasteiger partial charge on any atom is 0.317 e. The Hall–Kier alpha value is -4.09. The lowest BCUT2D eigenvalue weighted by Gasteiger charge is -2.34. The van der Waals surface area contributed by atoms with Crippen LogP contribution in [0.15, 0.2) is 71.3 Å². The van der Waals surface area contributed by atoms with E-state index in [1.807, 2.05) is 47.4 Å². The Morgan fingerprint density at radius 2 is 1.76 bits per heavy atom. The van der Waals surface area contributed by atoms with Crippen LogP contribution in [0.4, 0.5) is 10.5 Å². The van der Waals surface area contributed by atoms with Gasteiger partial charge >= 0.3 is 6.03 Å². The molecule has 8 nitrogen and oxygen atoms in total. The third-order valence-corrected chi connectivity index (χ3v) is 5.52. The van der Waals surface area contributed by atoms with Crippen molar-refractivity contribution in [3.8, 4) is 6.07 Å². The number of rotatable bonds is 6. The minimum atomic E-state index is -0.319. The van der Waals surface area contributed by atoms with Gasteiger partial charge in [0.05, 0.1) is 17.9 Å². The number of furan rings is 1. The van der Waals surface area contributed by atoms with E-state index in [9.17, 15) is 9.59 Å². The zero-order valence-corrected chi connectivity index (χ0v) is 18.2. The summed E-state index contributed by atoms with van der Waals surface area (Å²) in [5.74, 6) is -0.0768. The zero-order chi connectivity index (χ0) is 23.0. The van der Waals surface area contributed by atoms with Crippen molar-refractivity contribution in [1.29, 1.82) is 5.26 Å². The van der Waals surface area contributed by atoms with Crippen molar-refractivity contribution < 1.29 is 14.0 Å². The average molecular weight is 444 g/mol. The summed E-state index contributed by atoms with van der Waals surface area (Å²) in [5.41, 5.74) is 3.34. The molecule has 3 aromatic rings. The smallest absolute Gasteiger partial charge is 0.317 e. The number of anilines is 1. The molecule has 1 aromatic heterocycles. The number of urea groups is 1. The first-order chi connectivity index (χ1) is 16.1. The van der Waals surface area contributed by atoms with Crippen LogP contribution >= 0.6 is 0 Å². The Labute approximate surface area is 192 Å². The molecule has 0 aliphatic carbocycles. The monoisotopic (exact) mass is 443 g/mol. The molecular weight excluding hydrogens is 418 g/mol. The minimum absolute atomic E-state index is 0.0990. The van der Waals surface area contributed by atoms with Gasteiger partial charge in [0, 0.05) is 45.0 Å². The van der Waals surface area contributed by atoms with Gasteiger partial charge in [-0.05, 0) is 47.5 Å². The summed E-state index contributed by atoms with van der Waals surface area (Å²) >= 11 is 0. The maximum absolute atomic E-state index is 12.6. The number of nitrogens with one attached hydrogen (secondary N) is 2. The van der Waals surface area contributed by atoms with Crippen LogP contribution in [0.3, 0.4) is 0 Å². The third-order valence-electron chi connectivity index (χ3n) is 5.52. The summed E-state index contributed by atoms with van der Waals surface area (Å²) in [5, 5.41) is 14.7. The fraction of sp³-hybridized carbons (Fsp3) is 0.240. The average Bonchev–Trinajstić information content (AvgIpc) is 3.39. The van der Waals surface area contributed by atoms with E-state index in [0.29, 0.717) is 30.9 Å². The second-order valence-corrected chi connectivity index (χ2v) is 7.86. The van der Waals surface area contributed by atoms with Crippen LogP contribution in [0.5, 0.6) is 0 Å². The number of nitrogens with zero attached hydrogens (tertiary/aromatic N) is 3. The van der Waals surface area contributed by atoms with Crippen LogP contribution in [0.25, 0.3) is 0 Å². The highest BCUT2D eigenvalue weighted by Crippen LogP contribution is 2.14. The van der Waals surface area contributed by atoms with Crippen molar-refractivity contribution in [3.63, 3.8) is 0 Å². The van der Waals surface area contributed by atoms with Crippen LogP contribution in [0, 0.1) is 11.3 Å². The number of carbonyl (C=O) groups is 2. The van der Waals surface area contributed by atoms with E-state index in [1.165, 1.54) is 6.26 Å². The molecule has 2 aromatic carbocycles. The molecular formula is C25H25N5O3. The topological polar surface area (TPSA) is 102 Å². The molecule has 3 amide bonds. The number of piperazine rings is 1. The van der Waals surface area contributed by atoms with Crippen LogP contribution in [0.1, 0.15) is 27.2 Å². The Bertz CT molecular complexity index is 1130. The highest BCUT2D eigenvalue weighted by Gasteiger charge is 2.21. The van der Waals surface area contributed by atoms with E-state index in [1.54, 1.807) is 18.2 Å². The molecule has 1 fully saturated rings. The highest BCUT2D eigenvalue weighted by atomic mass is 16.3. The van der Waals surface area contributed by atoms with Crippen molar-refractivity contribution in [2.24, 2.45) is 0 Å². The number of amides is 3. The summed E-state index contributed by atoms with van der Waals surface area (Å²) in [6, 6.07) is 20.3. The lowest BCUT2D eigenvalue weighted by molar-refractivity contribution is 0.0996. The number of hydrogen-bond acceptors (Lipinski definition) is 5. The Kier molecular flexibility index (Phi) is 7.03. The van der Waals surface area contributed by atoms with E-state index in [0.717, 1.165) is 30.8 Å². The van der Waals surface area contributed by atoms with Gasteiger partial charge in [0.1, 0.15) is 0 Å². The highest BCUT2D eigenvalue weighted by molar-refractivity contribution is 6.02. The maximum atomic E-state index is 12.6. The van der Waals surface area contributed by atoms with Gasteiger partial charge in [0.15, 0.2) is 5.76 Å². The van der Waals surface area contributed by atoms with Gasteiger partial charge in [-0.15, -0.1) is 0 Å². The lowest BCUT2D eigenvalue weighted by atomic mass is 10.1. The molecule has 4 rings (SSSR count). The second kappa shape index (κ2) is 10.5. The van der Waals surface area contributed by atoms with E-state index in [2.05, 4.69) is 21.6 Å². The van der Waals surface area contributed by atoms with Crippen molar-refractivity contribution >= 4 is 17.6 Å². The molecule has 0 spiro atoms. The number of carbonyl (C=O) groups excluding carboxylic acids is 2. The third kappa shape index (κ3) is 5.99. The van der Waals surface area contributed by atoms with E-state index < -0.39 is 0 Å². The molecule has 8 heteroatoms. The van der Waals surface area contributed by atoms with Crippen molar-refractivity contribution in [3.05, 3.63) is 89.4 Å². The van der Waals surface area contributed by atoms with Gasteiger partial charge in [0.2, 0.25) is 0 Å². The fourth-order valence-electron chi connectivity index (χ4n) is 3.70. The van der Waals surface area contributed by atoms with Gasteiger partial charge < -0.3 is 20.0 Å². The summed E-state index contributed by atoms with van der Waals surface area (Å²) in [7, 11) is 0. The number of nitriles is 1. The zero-order valence-electron chi connectivity index (χ0n) is 18.2.